The van der Waals surface area contributed by atoms with Crippen molar-refractivity contribution in [3.63, 3.8) is 0 Å². The first-order valence-electron chi connectivity index (χ1n) is 8.95. The van der Waals surface area contributed by atoms with Gasteiger partial charge in [-0.2, -0.15) is 5.10 Å². The van der Waals surface area contributed by atoms with Crippen LogP contribution in [0.25, 0.3) is 0 Å². The van der Waals surface area contributed by atoms with Gasteiger partial charge in [0.05, 0.1) is 11.4 Å². The molecule has 6 nitrogen and oxygen atoms in total. The average molecular weight is 341 g/mol. The minimum Gasteiger partial charge on any atom is -0.336 e. The lowest BCUT2D eigenvalue weighted by Gasteiger charge is -2.35. The molecular formula is C19H27N5O. The molecule has 1 aliphatic rings. The molecule has 3 rings (SSSR count). The van der Waals surface area contributed by atoms with E-state index in [9.17, 15) is 4.79 Å². The fraction of sp³-hybridized carbons (Fsp3) is 0.474. The monoisotopic (exact) mass is 341 g/mol. The zero-order valence-corrected chi connectivity index (χ0v) is 15.0. The SMILES string of the molecule is Cc1nn(C)cc1NC(=O)NC[C@@H]1CCCCN1Cc1ccccc1. The number of amides is 2. The van der Waals surface area contributed by atoms with Gasteiger partial charge in [0.25, 0.3) is 0 Å². The molecule has 1 fully saturated rings. The van der Waals surface area contributed by atoms with E-state index in [1.165, 1.54) is 18.4 Å². The van der Waals surface area contributed by atoms with Crippen LogP contribution in [0.3, 0.4) is 0 Å². The lowest BCUT2D eigenvalue weighted by molar-refractivity contribution is 0.139. The molecule has 0 aliphatic carbocycles. The molecule has 2 aromatic rings. The van der Waals surface area contributed by atoms with Gasteiger partial charge in [-0.15, -0.1) is 0 Å². The van der Waals surface area contributed by atoms with Crippen LogP contribution in [0.2, 0.25) is 0 Å². The van der Waals surface area contributed by atoms with Gasteiger partial charge in [0.1, 0.15) is 0 Å². The number of piperidine rings is 1. The molecule has 1 aromatic carbocycles. The van der Waals surface area contributed by atoms with Gasteiger partial charge >= 0.3 is 6.03 Å². The second kappa shape index (κ2) is 8.16. The van der Waals surface area contributed by atoms with Crippen molar-refractivity contribution < 1.29 is 4.79 Å². The number of benzene rings is 1. The lowest BCUT2D eigenvalue weighted by atomic mass is 10.0. The standard InChI is InChI=1S/C19H27N5O/c1-15-18(14-23(2)22-15)21-19(25)20-12-17-10-6-7-11-24(17)13-16-8-4-3-5-9-16/h3-5,8-9,14,17H,6-7,10-13H2,1-2H3,(H2,20,21,25)/t17-/m0/s1. The van der Waals surface area contributed by atoms with Crippen LogP contribution < -0.4 is 10.6 Å². The summed E-state index contributed by atoms with van der Waals surface area (Å²) in [5, 5.41) is 10.1. The molecule has 0 radical (unpaired) electrons. The second-order valence-electron chi connectivity index (χ2n) is 6.74. The maximum absolute atomic E-state index is 12.2. The number of rotatable bonds is 5. The Kier molecular flexibility index (Phi) is 5.71. The van der Waals surface area contributed by atoms with Crippen molar-refractivity contribution in [2.45, 2.75) is 38.8 Å². The van der Waals surface area contributed by atoms with Gasteiger partial charge in [-0.05, 0) is 31.9 Å². The zero-order valence-electron chi connectivity index (χ0n) is 15.0. The number of nitrogens with one attached hydrogen (secondary N) is 2. The van der Waals surface area contributed by atoms with Crippen LogP contribution in [0.4, 0.5) is 10.5 Å². The van der Waals surface area contributed by atoms with E-state index in [0.717, 1.165) is 30.9 Å². The van der Waals surface area contributed by atoms with Crippen molar-refractivity contribution in [3.8, 4) is 0 Å². The van der Waals surface area contributed by atoms with Crippen LogP contribution in [0, 0.1) is 6.92 Å². The second-order valence-corrected chi connectivity index (χ2v) is 6.74. The van der Waals surface area contributed by atoms with Gasteiger partial charge in [-0.1, -0.05) is 36.8 Å². The number of aromatic nitrogens is 2. The Morgan fingerprint density at radius 1 is 1.28 bits per heavy atom. The molecule has 1 saturated heterocycles. The minimum absolute atomic E-state index is 0.165. The van der Waals surface area contributed by atoms with Gasteiger partial charge in [0, 0.05) is 32.4 Å². The average Bonchev–Trinajstić information content (AvgIpc) is 2.92. The predicted molar refractivity (Wildman–Crippen MR) is 99.5 cm³/mol. The van der Waals surface area contributed by atoms with E-state index < -0.39 is 0 Å². The van der Waals surface area contributed by atoms with Crippen molar-refractivity contribution in [1.82, 2.24) is 20.0 Å². The summed E-state index contributed by atoms with van der Waals surface area (Å²) in [4.78, 5) is 14.7. The first-order valence-corrected chi connectivity index (χ1v) is 8.95. The topological polar surface area (TPSA) is 62.2 Å². The molecule has 2 N–H and O–H groups in total. The third kappa shape index (κ3) is 4.82. The molecule has 2 amide bonds. The quantitative estimate of drug-likeness (QED) is 0.879. The summed E-state index contributed by atoms with van der Waals surface area (Å²) in [6.07, 6.45) is 5.39. The molecule has 1 atom stereocenters. The molecule has 6 heteroatoms. The van der Waals surface area contributed by atoms with Gasteiger partial charge in [-0.3, -0.25) is 9.58 Å². The van der Waals surface area contributed by atoms with Gasteiger partial charge in [0.2, 0.25) is 0 Å². The molecule has 1 aromatic heterocycles. The highest BCUT2D eigenvalue weighted by Crippen LogP contribution is 2.19. The molecule has 0 saturated carbocycles. The van der Waals surface area contributed by atoms with Crippen LogP contribution >= 0.6 is 0 Å². The fourth-order valence-electron chi connectivity index (χ4n) is 3.42. The summed E-state index contributed by atoms with van der Waals surface area (Å²) < 4.78 is 1.70. The first-order chi connectivity index (χ1) is 12.1. The van der Waals surface area contributed by atoms with Crippen LogP contribution in [0.1, 0.15) is 30.5 Å². The number of likely N-dealkylation sites (tertiary alicyclic amines) is 1. The Hall–Kier alpha value is -2.34. The summed E-state index contributed by atoms with van der Waals surface area (Å²) in [7, 11) is 1.85. The van der Waals surface area contributed by atoms with Gasteiger partial charge in [-0.25, -0.2) is 4.79 Å². The molecule has 134 valence electrons. The molecule has 25 heavy (non-hydrogen) atoms. The number of aryl methyl sites for hydroxylation is 2. The summed E-state index contributed by atoms with van der Waals surface area (Å²) in [6.45, 7) is 4.58. The van der Waals surface area contributed by atoms with E-state index in [4.69, 9.17) is 0 Å². The van der Waals surface area contributed by atoms with Crippen molar-refractivity contribution in [3.05, 3.63) is 47.8 Å². The normalized spacial score (nSPS) is 18.1. The highest BCUT2D eigenvalue weighted by atomic mass is 16.2. The maximum Gasteiger partial charge on any atom is 0.319 e. The fourth-order valence-corrected chi connectivity index (χ4v) is 3.42. The molecule has 2 heterocycles. The van der Waals surface area contributed by atoms with E-state index in [1.807, 2.05) is 26.2 Å². The summed E-state index contributed by atoms with van der Waals surface area (Å²) in [6, 6.07) is 10.8. The molecular weight excluding hydrogens is 314 g/mol. The van der Waals surface area contributed by atoms with E-state index >= 15 is 0 Å². The number of anilines is 1. The van der Waals surface area contributed by atoms with Crippen molar-refractivity contribution in [1.29, 1.82) is 0 Å². The number of urea groups is 1. The zero-order chi connectivity index (χ0) is 17.6. The van der Waals surface area contributed by atoms with Crippen LogP contribution in [-0.4, -0.2) is 39.8 Å². The Morgan fingerprint density at radius 2 is 2.08 bits per heavy atom. The van der Waals surface area contributed by atoms with Crippen LogP contribution in [0.5, 0.6) is 0 Å². The van der Waals surface area contributed by atoms with Crippen molar-refractivity contribution in [2.24, 2.45) is 7.05 Å². The van der Waals surface area contributed by atoms with Crippen molar-refractivity contribution in [2.75, 3.05) is 18.4 Å². The van der Waals surface area contributed by atoms with E-state index in [2.05, 4.69) is 44.9 Å². The van der Waals surface area contributed by atoms with Crippen LogP contribution in [0.15, 0.2) is 36.5 Å². The Labute approximate surface area is 149 Å². The third-order valence-electron chi connectivity index (χ3n) is 4.74. The summed E-state index contributed by atoms with van der Waals surface area (Å²) in [5.74, 6) is 0. The minimum atomic E-state index is -0.165. The van der Waals surface area contributed by atoms with E-state index in [-0.39, 0.29) is 6.03 Å². The Balaban J connectivity index is 1.53. The lowest BCUT2D eigenvalue weighted by Crippen LogP contribution is -2.47. The number of nitrogens with zero attached hydrogens (tertiary/aromatic N) is 3. The Bertz CT molecular complexity index is 697. The first kappa shape index (κ1) is 17.5. The summed E-state index contributed by atoms with van der Waals surface area (Å²) in [5.41, 5.74) is 2.90. The van der Waals surface area contributed by atoms with Crippen molar-refractivity contribution >= 4 is 11.7 Å². The third-order valence-corrected chi connectivity index (χ3v) is 4.74. The van der Waals surface area contributed by atoms with Gasteiger partial charge in [0.15, 0.2) is 0 Å². The number of carbonyl (C=O) groups is 1. The highest BCUT2D eigenvalue weighted by molar-refractivity contribution is 5.89. The largest absolute Gasteiger partial charge is 0.336 e. The summed E-state index contributed by atoms with van der Waals surface area (Å²) >= 11 is 0. The maximum atomic E-state index is 12.2. The number of hydrogen-bond acceptors (Lipinski definition) is 3. The predicted octanol–water partition coefficient (Wildman–Crippen LogP) is 2.90. The van der Waals surface area contributed by atoms with Crippen LogP contribution in [-0.2, 0) is 13.6 Å². The number of hydrogen-bond donors (Lipinski definition) is 2. The van der Waals surface area contributed by atoms with Gasteiger partial charge < -0.3 is 10.6 Å². The van der Waals surface area contributed by atoms with E-state index in [0.29, 0.717) is 12.6 Å². The molecule has 1 aliphatic heterocycles. The molecule has 0 unspecified atom stereocenters. The molecule has 0 bridgehead atoms. The highest BCUT2D eigenvalue weighted by Gasteiger charge is 2.23. The molecule has 0 spiro atoms. The Morgan fingerprint density at radius 3 is 2.80 bits per heavy atom. The smallest absolute Gasteiger partial charge is 0.319 e. The number of carbonyl (C=O) groups excluding carboxylic acids is 1. The van der Waals surface area contributed by atoms with E-state index in [1.54, 1.807) is 4.68 Å².